The molecule has 0 aromatic heterocycles. The molecule has 0 heterocycles. The summed E-state index contributed by atoms with van der Waals surface area (Å²) in [6.45, 7) is 48.9. The summed E-state index contributed by atoms with van der Waals surface area (Å²) in [5, 5.41) is 0. The van der Waals surface area contributed by atoms with E-state index in [1.165, 1.54) is 24.3 Å². The molecule has 28 heteroatoms. The first-order chi connectivity index (χ1) is 58.6. The quantitative estimate of drug-likeness (QED) is 0.0292. The van der Waals surface area contributed by atoms with Gasteiger partial charge in [-0.15, -0.1) is 0 Å². The zero-order valence-electron chi connectivity index (χ0n) is 69.3. The second kappa shape index (κ2) is 65.5. The van der Waals surface area contributed by atoms with Crippen molar-refractivity contribution in [2.75, 3.05) is 33.0 Å². The van der Waals surface area contributed by atoms with Gasteiger partial charge in [-0.1, -0.05) is 171 Å². The number of hydrogen-bond donors (Lipinski definition) is 0. The maximum absolute atomic E-state index is 11.2. The van der Waals surface area contributed by atoms with Gasteiger partial charge in [-0.25, -0.2) is 67.1 Å². The van der Waals surface area contributed by atoms with Gasteiger partial charge in [0.05, 0.1) is 26.4 Å². The molecular formula is C94H114O28. The second-order valence-corrected chi connectivity index (χ2v) is 26.7. The van der Waals surface area contributed by atoms with E-state index in [-0.39, 0.29) is 81.3 Å². The molecule has 7 atom stereocenters. The number of rotatable bonds is 38. The molecule has 7 rings (SSSR count). The number of esters is 14. The highest BCUT2D eigenvalue weighted by Gasteiger charge is 2.32. The van der Waals surface area contributed by atoms with Crippen LogP contribution in [0.25, 0.3) is 0 Å². The standard InChI is InChI=1S/2C14H20O4.3C14H14O4.2C12H16O4/c1-3-13(15)17-9-11-5-7-12(8-6-11)10-18-14(16)4-2;2*1-3-13(15)17-9-11-6-5-7-12(8-11)10-18-14(16)4-2;1-3-13(15)17-9-11-7-5-6-8-12(11)10-18-14(16)4-2;1-3-13(15)17-10-12(18-14(16)4-2)11-8-6-5-7-9-11;1-3-11(13)15-9-6-5-7-10(8-9)16-12(14)4-2;1-3-11(13)15-9-7-5-6-8-10(9)16-12(14)4-2/h2*3-4,11-12H,1-2,5-10H2;2*3-8H,1-2,9-10H2;3-9,12H,1-2,10H2;2*3-4,9-10H,1-2,5-8H2. The highest BCUT2D eigenvalue weighted by molar-refractivity contribution is 5.86. The summed E-state index contributed by atoms with van der Waals surface area (Å²) in [6.07, 6.45) is 28.5. The molecule has 0 saturated heterocycles. The van der Waals surface area contributed by atoms with Crippen LogP contribution in [-0.2, 0) is 160 Å². The molecule has 0 N–H and O–H groups in total. The van der Waals surface area contributed by atoms with Gasteiger partial charge in [-0.2, -0.15) is 0 Å². The van der Waals surface area contributed by atoms with Crippen LogP contribution < -0.4 is 0 Å². The molecule has 28 nitrogen and oxygen atoms in total. The predicted molar refractivity (Wildman–Crippen MR) is 452 cm³/mol. The molecule has 4 aliphatic carbocycles. The van der Waals surface area contributed by atoms with Gasteiger partial charge in [0.1, 0.15) is 57.5 Å². The Morgan fingerprint density at radius 1 is 0.279 bits per heavy atom. The van der Waals surface area contributed by atoms with Crippen LogP contribution >= 0.6 is 0 Å². The van der Waals surface area contributed by atoms with Gasteiger partial charge in [-0.3, -0.25) is 0 Å². The number of hydrogen-bond acceptors (Lipinski definition) is 28. The lowest BCUT2D eigenvalue weighted by molar-refractivity contribution is -0.165. The van der Waals surface area contributed by atoms with Crippen LogP contribution in [0.3, 0.4) is 0 Å². The molecule has 0 spiro atoms. The van der Waals surface area contributed by atoms with Gasteiger partial charge in [0, 0.05) is 91.5 Å². The summed E-state index contributed by atoms with van der Waals surface area (Å²) in [4.78, 5) is 154. The highest BCUT2D eigenvalue weighted by Crippen LogP contribution is 2.32. The Labute approximate surface area is 713 Å². The van der Waals surface area contributed by atoms with Gasteiger partial charge >= 0.3 is 83.6 Å². The molecule has 0 amide bonds. The molecule has 3 aromatic carbocycles. The first kappa shape index (κ1) is 107. The fourth-order valence-corrected chi connectivity index (χ4v) is 11.5. The highest BCUT2D eigenvalue weighted by atomic mass is 16.6. The number of benzene rings is 3. The maximum Gasteiger partial charge on any atom is 0.330 e. The minimum atomic E-state index is -0.652. The summed E-state index contributed by atoms with van der Waals surface area (Å²) >= 11 is 0. The molecule has 0 radical (unpaired) electrons. The molecular weight excluding hydrogens is 1580 g/mol. The van der Waals surface area contributed by atoms with E-state index in [2.05, 4.69) is 92.1 Å². The van der Waals surface area contributed by atoms with Crippen LogP contribution in [0.4, 0.5) is 0 Å². The van der Waals surface area contributed by atoms with Crippen LogP contribution in [-0.4, -0.2) is 141 Å². The summed E-state index contributed by atoms with van der Waals surface area (Å²) in [7, 11) is 0. The van der Waals surface area contributed by atoms with Crippen molar-refractivity contribution >= 4 is 83.6 Å². The van der Waals surface area contributed by atoms with Crippen LogP contribution in [0.2, 0.25) is 0 Å². The van der Waals surface area contributed by atoms with Crippen molar-refractivity contribution in [2.24, 2.45) is 23.7 Å². The lowest BCUT2D eigenvalue weighted by atomic mass is 9.82. The Kier molecular flexibility index (Phi) is 57.3. The van der Waals surface area contributed by atoms with E-state index in [4.69, 9.17) is 66.3 Å². The molecule has 658 valence electrons. The third-order valence-corrected chi connectivity index (χ3v) is 17.8. The lowest BCUT2D eigenvalue weighted by Gasteiger charge is -2.29. The Morgan fingerprint density at radius 2 is 0.582 bits per heavy atom. The van der Waals surface area contributed by atoms with E-state index in [1.54, 1.807) is 48.5 Å². The van der Waals surface area contributed by atoms with Crippen molar-refractivity contribution in [3.05, 3.63) is 284 Å². The zero-order chi connectivity index (χ0) is 90.8. The lowest BCUT2D eigenvalue weighted by Crippen LogP contribution is -2.37. The first-order valence-corrected chi connectivity index (χ1v) is 39.1. The van der Waals surface area contributed by atoms with E-state index in [1.807, 2.05) is 30.3 Å². The normalized spacial score (nSPS) is 17.5. The Balaban J connectivity index is 0.000000712. The van der Waals surface area contributed by atoms with Gasteiger partial charge < -0.3 is 66.3 Å². The smallest absolute Gasteiger partial charge is 0.330 e. The van der Waals surface area contributed by atoms with Gasteiger partial charge in [-0.05, 0) is 147 Å². The van der Waals surface area contributed by atoms with Crippen LogP contribution in [0, 0.1) is 23.7 Å². The Morgan fingerprint density at radius 3 is 0.934 bits per heavy atom. The predicted octanol–water partition coefficient (Wildman–Crippen LogP) is 14.5. The van der Waals surface area contributed by atoms with Crippen LogP contribution in [0.5, 0.6) is 0 Å². The van der Waals surface area contributed by atoms with Crippen molar-refractivity contribution in [1.82, 2.24) is 0 Å². The largest absolute Gasteiger partial charge is 0.462 e. The molecule has 122 heavy (non-hydrogen) atoms. The fraction of sp³-hybridized carbons (Fsp3) is 0.362. The average molecular weight is 1690 g/mol. The summed E-state index contributed by atoms with van der Waals surface area (Å²) < 4.78 is 70.3. The van der Waals surface area contributed by atoms with Gasteiger partial charge in [0.2, 0.25) is 0 Å². The van der Waals surface area contributed by atoms with E-state index < -0.39 is 65.8 Å². The fourth-order valence-electron chi connectivity index (χ4n) is 11.5. The molecule has 7 unspecified atom stereocenters. The number of ether oxygens (including phenoxy) is 14. The topological polar surface area (TPSA) is 368 Å². The summed E-state index contributed by atoms with van der Waals surface area (Å²) in [5.74, 6) is -4.83. The van der Waals surface area contributed by atoms with Gasteiger partial charge in [0.25, 0.3) is 0 Å². The molecule has 4 saturated carbocycles. The Bertz CT molecular complexity index is 3800. The number of carbonyl (C=O) groups is 14. The molecule has 4 fully saturated rings. The van der Waals surface area contributed by atoms with Crippen molar-refractivity contribution in [1.29, 1.82) is 0 Å². The van der Waals surface area contributed by atoms with E-state index in [0.717, 1.165) is 172 Å². The molecule has 3 aromatic rings. The SMILES string of the molecule is C=CC(=O)OC1CCCC(OC(=O)C=C)C1.C=CC(=O)OC1CCCCC1OC(=O)C=C.C=CC(=O)OCC(OC(=O)C=C)c1ccccc1.C=CC(=O)OCC1CCC(COC(=O)C=C)CC1.C=CC(=O)OCC1CCCC(COC(=O)C=C)C1.C=CC(=O)OCc1cccc(COC(=O)C=C)c1.C=CC(=O)OCc1ccccc1COC(=O)C=C. The summed E-state index contributed by atoms with van der Waals surface area (Å²) in [6, 6.07) is 23.5. The first-order valence-electron chi connectivity index (χ1n) is 39.1. The minimum absolute atomic E-state index is 0.0611. The zero-order valence-corrected chi connectivity index (χ0v) is 69.3. The molecule has 4 aliphatic rings. The van der Waals surface area contributed by atoms with Crippen molar-refractivity contribution < 1.29 is 133 Å². The van der Waals surface area contributed by atoms with E-state index in [9.17, 15) is 67.1 Å². The minimum Gasteiger partial charge on any atom is -0.462 e. The monoisotopic (exact) mass is 1690 g/mol. The van der Waals surface area contributed by atoms with Crippen molar-refractivity contribution in [3.63, 3.8) is 0 Å². The van der Waals surface area contributed by atoms with E-state index >= 15 is 0 Å². The Hall–Kier alpha value is -13.4. The van der Waals surface area contributed by atoms with Crippen LogP contribution in [0.1, 0.15) is 137 Å². The summed E-state index contributed by atoms with van der Waals surface area (Å²) in [5.41, 5.74) is 3.94. The van der Waals surface area contributed by atoms with E-state index in [0.29, 0.717) is 69.4 Å². The van der Waals surface area contributed by atoms with Crippen molar-refractivity contribution in [2.45, 2.75) is 160 Å². The van der Waals surface area contributed by atoms with Crippen LogP contribution in [0.15, 0.2) is 256 Å². The molecule has 0 bridgehead atoms. The average Bonchev–Trinajstić information content (AvgIpc) is 0.869. The second-order valence-electron chi connectivity index (χ2n) is 26.7. The third kappa shape index (κ3) is 50.4. The van der Waals surface area contributed by atoms with Gasteiger partial charge in [0.15, 0.2) is 6.10 Å². The van der Waals surface area contributed by atoms with Crippen molar-refractivity contribution in [3.8, 4) is 0 Å². The maximum atomic E-state index is 11.2. The third-order valence-electron chi connectivity index (χ3n) is 17.8. The molecule has 0 aliphatic heterocycles. The number of carbonyl (C=O) groups excluding carboxylic acids is 14.